The lowest BCUT2D eigenvalue weighted by Crippen LogP contribution is -2.30. The van der Waals surface area contributed by atoms with E-state index in [0.717, 1.165) is 28.4 Å². The van der Waals surface area contributed by atoms with Crippen LogP contribution in [0.1, 0.15) is 39.4 Å². The van der Waals surface area contributed by atoms with Gasteiger partial charge < -0.3 is 24.3 Å². The van der Waals surface area contributed by atoms with Crippen LogP contribution >= 0.6 is 12.2 Å². The highest BCUT2D eigenvalue weighted by Gasteiger charge is 2.41. The summed E-state index contributed by atoms with van der Waals surface area (Å²) in [4.78, 5) is 19.4. The second-order valence-corrected chi connectivity index (χ2v) is 8.80. The number of esters is 1. The second kappa shape index (κ2) is 10.2. The van der Waals surface area contributed by atoms with E-state index in [4.69, 9.17) is 21.7 Å². The van der Waals surface area contributed by atoms with Crippen LogP contribution in [-0.4, -0.2) is 39.8 Å². The van der Waals surface area contributed by atoms with Crippen molar-refractivity contribution in [1.82, 2.24) is 19.8 Å². The van der Waals surface area contributed by atoms with Gasteiger partial charge in [-0.1, -0.05) is 30.3 Å². The molecule has 1 fully saturated rings. The summed E-state index contributed by atoms with van der Waals surface area (Å²) in [6, 6.07) is 24.9. The molecule has 2 aromatic heterocycles. The first-order valence-electron chi connectivity index (χ1n) is 11.6. The molecule has 1 N–H and O–H groups in total. The minimum absolute atomic E-state index is 0.184. The number of aromatic nitrogens is 2. The number of hydrogen-bond donors (Lipinski definition) is 1. The molecule has 0 spiro atoms. The van der Waals surface area contributed by atoms with Gasteiger partial charge in [0.15, 0.2) is 5.11 Å². The molecule has 0 unspecified atom stereocenters. The average molecular weight is 499 g/mol. The Labute approximate surface area is 215 Å². The number of carbonyl (C=O) groups is 1. The predicted molar refractivity (Wildman–Crippen MR) is 141 cm³/mol. The van der Waals surface area contributed by atoms with Crippen LogP contribution in [0.5, 0.6) is 5.75 Å². The van der Waals surface area contributed by atoms with Crippen LogP contribution in [0.15, 0.2) is 91.3 Å². The molecule has 2 atom stereocenters. The van der Waals surface area contributed by atoms with Crippen molar-refractivity contribution in [3.05, 3.63) is 114 Å². The van der Waals surface area contributed by atoms with Gasteiger partial charge >= 0.3 is 5.97 Å². The largest absolute Gasteiger partial charge is 0.497 e. The summed E-state index contributed by atoms with van der Waals surface area (Å²) in [6.45, 7) is 0.591. The van der Waals surface area contributed by atoms with Crippen LogP contribution in [0, 0.1) is 0 Å². The summed E-state index contributed by atoms with van der Waals surface area (Å²) >= 11 is 5.84. The van der Waals surface area contributed by atoms with Crippen molar-refractivity contribution in [3.8, 4) is 11.4 Å². The van der Waals surface area contributed by atoms with Crippen molar-refractivity contribution in [2.75, 3.05) is 14.2 Å². The van der Waals surface area contributed by atoms with Crippen LogP contribution in [0.2, 0.25) is 0 Å². The first-order valence-corrected chi connectivity index (χ1v) is 12.0. The Morgan fingerprint density at radius 2 is 1.78 bits per heavy atom. The van der Waals surface area contributed by atoms with Crippen molar-refractivity contribution < 1.29 is 14.3 Å². The maximum Gasteiger partial charge on any atom is 0.339 e. The summed E-state index contributed by atoms with van der Waals surface area (Å²) < 4.78 is 12.4. The Morgan fingerprint density at radius 1 is 1.00 bits per heavy atom. The van der Waals surface area contributed by atoms with Crippen molar-refractivity contribution in [2.24, 2.45) is 0 Å². The van der Waals surface area contributed by atoms with E-state index in [1.54, 1.807) is 19.4 Å². The van der Waals surface area contributed by atoms with E-state index < -0.39 is 0 Å². The Bertz CT molecular complexity index is 1370. The topological polar surface area (TPSA) is 68.6 Å². The zero-order chi connectivity index (χ0) is 25.1. The minimum atomic E-state index is -0.387. The van der Waals surface area contributed by atoms with Gasteiger partial charge in [-0.05, 0) is 66.3 Å². The molecule has 0 saturated carbocycles. The number of carbonyl (C=O) groups excluding carboxylic acids is 1. The fourth-order valence-electron chi connectivity index (χ4n) is 4.65. The van der Waals surface area contributed by atoms with Crippen molar-refractivity contribution in [3.63, 3.8) is 0 Å². The van der Waals surface area contributed by atoms with Crippen LogP contribution in [0.3, 0.4) is 0 Å². The van der Waals surface area contributed by atoms with Gasteiger partial charge in [0.2, 0.25) is 0 Å². The molecule has 1 aliphatic heterocycles. The number of nitrogens with one attached hydrogen (secondary N) is 1. The van der Waals surface area contributed by atoms with Crippen molar-refractivity contribution in [2.45, 2.75) is 18.6 Å². The van der Waals surface area contributed by atoms with Gasteiger partial charge in [0.05, 0.1) is 43.2 Å². The van der Waals surface area contributed by atoms with Gasteiger partial charge in [-0.3, -0.25) is 4.98 Å². The van der Waals surface area contributed by atoms with Gasteiger partial charge in [0, 0.05) is 24.6 Å². The monoisotopic (exact) mass is 498 g/mol. The zero-order valence-electron chi connectivity index (χ0n) is 20.0. The maximum absolute atomic E-state index is 12.6. The van der Waals surface area contributed by atoms with Crippen molar-refractivity contribution in [1.29, 1.82) is 0 Å². The smallest absolute Gasteiger partial charge is 0.339 e. The number of ether oxygens (including phenoxy) is 2. The van der Waals surface area contributed by atoms with E-state index >= 15 is 0 Å². The molecule has 2 aromatic carbocycles. The highest BCUT2D eigenvalue weighted by atomic mass is 32.1. The van der Waals surface area contributed by atoms with E-state index in [-0.39, 0.29) is 18.1 Å². The highest BCUT2D eigenvalue weighted by molar-refractivity contribution is 7.80. The van der Waals surface area contributed by atoms with Crippen molar-refractivity contribution >= 4 is 23.3 Å². The Balaban J connectivity index is 1.60. The van der Waals surface area contributed by atoms with Gasteiger partial charge in [-0.25, -0.2) is 4.79 Å². The second-order valence-electron chi connectivity index (χ2n) is 8.41. The predicted octanol–water partition coefficient (Wildman–Crippen LogP) is 4.84. The van der Waals surface area contributed by atoms with Crippen LogP contribution < -0.4 is 10.1 Å². The number of para-hydroxylation sites is 1. The highest BCUT2D eigenvalue weighted by Crippen LogP contribution is 2.40. The van der Waals surface area contributed by atoms with Gasteiger partial charge in [0.1, 0.15) is 5.75 Å². The lowest BCUT2D eigenvalue weighted by atomic mass is 10.0. The molecule has 36 heavy (non-hydrogen) atoms. The molecule has 0 bridgehead atoms. The average Bonchev–Trinajstić information content (AvgIpc) is 3.53. The molecule has 182 valence electrons. The SMILES string of the molecule is COC(=O)c1ccccc1-n1cccc1[C@@H]1[C@@H](c2ccccn2)NC(=S)N1Cc1ccc(OC)cc1. The summed E-state index contributed by atoms with van der Waals surface area (Å²) in [5, 5.41) is 4.13. The fraction of sp³-hybridized carbons (Fsp3) is 0.179. The van der Waals surface area contributed by atoms with E-state index in [9.17, 15) is 4.79 Å². The summed E-state index contributed by atoms with van der Waals surface area (Å²) in [6.07, 6.45) is 3.74. The summed E-state index contributed by atoms with van der Waals surface area (Å²) in [5.74, 6) is 0.416. The molecule has 3 heterocycles. The number of pyridine rings is 1. The minimum Gasteiger partial charge on any atom is -0.497 e. The molecular formula is C28H26N4O3S. The fourth-order valence-corrected chi connectivity index (χ4v) is 4.95. The summed E-state index contributed by atoms with van der Waals surface area (Å²) in [5.41, 5.74) is 4.19. The van der Waals surface area contributed by atoms with E-state index in [0.29, 0.717) is 17.2 Å². The molecule has 1 aliphatic rings. The summed E-state index contributed by atoms with van der Waals surface area (Å²) in [7, 11) is 3.05. The molecule has 1 saturated heterocycles. The number of thiocarbonyl (C=S) groups is 1. The van der Waals surface area contributed by atoms with E-state index in [1.807, 2.05) is 77.5 Å². The molecule has 0 amide bonds. The number of benzene rings is 2. The van der Waals surface area contributed by atoms with Gasteiger partial charge in [-0.15, -0.1) is 0 Å². The molecule has 0 radical (unpaired) electrons. The van der Waals surface area contributed by atoms with Gasteiger partial charge in [-0.2, -0.15) is 0 Å². The lowest BCUT2D eigenvalue weighted by molar-refractivity contribution is 0.0600. The van der Waals surface area contributed by atoms with E-state index in [2.05, 4.69) is 21.3 Å². The first kappa shape index (κ1) is 23.6. The Hall–Kier alpha value is -4.17. The molecule has 4 aromatic rings. The third kappa shape index (κ3) is 4.43. The lowest BCUT2D eigenvalue weighted by Gasteiger charge is -2.29. The van der Waals surface area contributed by atoms with Crippen LogP contribution in [-0.2, 0) is 11.3 Å². The zero-order valence-corrected chi connectivity index (χ0v) is 20.8. The third-order valence-electron chi connectivity index (χ3n) is 6.36. The number of rotatable bonds is 7. The number of hydrogen-bond acceptors (Lipinski definition) is 5. The molecule has 8 heteroatoms. The van der Waals surface area contributed by atoms with Crippen LogP contribution in [0.4, 0.5) is 0 Å². The standard InChI is InChI=1S/C28H26N4O3S/c1-34-20-14-12-19(13-15-20)18-32-26(25(30-28(32)36)22-9-5-6-16-29-22)24-11-7-17-31(24)23-10-4-3-8-21(23)27(33)35-2/h3-17,25-26H,18H2,1-2H3,(H,30,36)/t25-,26-/m1/s1. The number of methoxy groups -OCH3 is 2. The quantitative estimate of drug-likeness (QED) is 0.289. The third-order valence-corrected chi connectivity index (χ3v) is 6.71. The molecule has 0 aliphatic carbocycles. The van der Waals surface area contributed by atoms with Gasteiger partial charge in [0.25, 0.3) is 0 Å². The van der Waals surface area contributed by atoms with Crippen LogP contribution in [0.25, 0.3) is 5.69 Å². The van der Waals surface area contributed by atoms with E-state index in [1.165, 1.54) is 7.11 Å². The Morgan fingerprint density at radius 3 is 2.50 bits per heavy atom. The molecule has 7 nitrogen and oxygen atoms in total. The normalized spacial score (nSPS) is 17.1. The molecule has 5 rings (SSSR count). The molecular weight excluding hydrogens is 472 g/mol. The first-order chi connectivity index (χ1) is 17.6. The maximum atomic E-state index is 12.6. The number of nitrogens with zero attached hydrogens (tertiary/aromatic N) is 3. The Kier molecular flexibility index (Phi) is 6.69.